The van der Waals surface area contributed by atoms with Gasteiger partial charge in [0.1, 0.15) is 5.82 Å². The Labute approximate surface area is 120 Å². The van der Waals surface area contributed by atoms with E-state index in [-0.39, 0.29) is 11.1 Å². The van der Waals surface area contributed by atoms with Gasteiger partial charge >= 0.3 is 0 Å². The maximum Gasteiger partial charge on any atom is 0.194 e. The van der Waals surface area contributed by atoms with Crippen LogP contribution in [-0.2, 0) is 0 Å². The van der Waals surface area contributed by atoms with Gasteiger partial charge in [-0.3, -0.25) is 0 Å². The van der Waals surface area contributed by atoms with Gasteiger partial charge < -0.3 is 5.32 Å². The molecule has 21 heavy (non-hydrogen) atoms. The summed E-state index contributed by atoms with van der Waals surface area (Å²) in [5, 5.41) is 2.89. The molecule has 0 aliphatic heterocycles. The fourth-order valence-corrected chi connectivity index (χ4v) is 2.22. The van der Waals surface area contributed by atoms with E-state index in [2.05, 4.69) is 5.32 Å². The number of nitrogens with one attached hydrogen (secondary N) is 1. The van der Waals surface area contributed by atoms with Crippen molar-refractivity contribution in [2.24, 2.45) is 0 Å². The molecule has 0 saturated heterocycles. The first-order valence-corrected chi connectivity index (χ1v) is 6.58. The Balaban J connectivity index is 2.56. The average Bonchev–Trinajstić information content (AvgIpc) is 2.44. The number of rotatable bonds is 4. The van der Waals surface area contributed by atoms with Gasteiger partial charge in [0, 0.05) is 11.1 Å². The molecule has 0 aliphatic carbocycles. The highest BCUT2D eigenvalue weighted by molar-refractivity contribution is 5.35. The smallest absolute Gasteiger partial charge is 0.194 e. The number of aryl methyl sites for hydroxylation is 1. The van der Waals surface area contributed by atoms with Gasteiger partial charge in [-0.2, -0.15) is 0 Å². The molecular formula is C16H15F4N. The molecule has 2 aromatic carbocycles. The standard InChI is InChI=1S/C16H15F4N/c1-3-21-16(10-5-4-9(2)8-13(10)18)11-6-7-12(17)15(20)14(11)19/h4-8,16,21H,3H2,1-2H3. The van der Waals surface area contributed by atoms with E-state index in [0.717, 1.165) is 17.7 Å². The Kier molecular flexibility index (Phi) is 4.63. The molecular weight excluding hydrogens is 282 g/mol. The van der Waals surface area contributed by atoms with Crippen LogP contribution in [0.2, 0.25) is 0 Å². The molecule has 1 atom stereocenters. The molecule has 0 aliphatic rings. The lowest BCUT2D eigenvalue weighted by atomic mass is 9.96. The van der Waals surface area contributed by atoms with Crippen molar-refractivity contribution >= 4 is 0 Å². The monoisotopic (exact) mass is 297 g/mol. The van der Waals surface area contributed by atoms with E-state index >= 15 is 0 Å². The van der Waals surface area contributed by atoms with E-state index in [1.807, 2.05) is 0 Å². The van der Waals surface area contributed by atoms with E-state index < -0.39 is 29.3 Å². The zero-order valence-corrected chi connectivity index (χ0v) is 11.7. The lowest BCUT2D eigenvalue weighted by Crippen LogP contribution is -2.24. The van der Waals surface area contributed by atoms with Crippen molar-refractivity contribution in [3.8, 4) is 0 Å². The van der Waals surface area contributed by atoms with E-state index in [1.54, 1.807) is 19.9 Å². The zero-order valence-electron chi connectivity index (χ0n) is 11.7. The van der Waals surface area contributed by atoms with Crippen LogP contribution in [0.15, 0.2) is 30.3 Å². The summed E-state index contributed by atoms with van der Waals surface area (Å²) in [7, 11) is 0. The highest BCUT2D eigenvalue weighted by atomic mass is 19.2. The van der Waals surface area contributed by atoms with E-state index in [1.165, 1.54) is 12.1 Å². The number of hydrogen-bond donors (Lipinski definition) is 1. The molecule has 0 bridgehead atoms. The predicted octanol–water partition coefficient (Wildman–Crippen LogP) is 4.25. The van der Waals surface area contributed by atoms with Gasteiger partial charge in [-0.25, -0.2) is 17.6 Å². The Bertz CT molecular complexity index is 655. The van der Waals surface area contributed by atoms with Gasteiger partial charge in [0.05, 0.1) is 6.04 Å². The third kappa shape index (κ3) is 3.08. The summed E-state index contributed by atoms with van der Waals surface area (Å²) in [6, 6.07) is 5.59. The van der Waals surface area contributed by atoms with Gasteiger partial charge in [0.25, 0.3) is 0 Å². The van der Waals surface area contributed by atoms with Crippen LogP contribution in [0.1, 0.15) is 29.7 Å². The lowest BCUT2D eigenvalue weighted by Gasteiger charge is -2.20. The molecule has 0 amide bonds. The van der Waals surface area contributed by atoms with Gasteiger partial charge in [0.2, 0.25) is 0 Å². The second-order valence-electron chi connectivity index (χ2n) is 4.78. The summed E-state index contributed by atoms with van der Waals surface area (Å²) >= 11 is 0. The summed E-state index contributed by atoms with van der Waals surface area (Å²) in [6.07, 6.45) is 0. The van der Waals surface area contributed by atoms with Gasteiger partial charge in [0.15, 0.2) is 17.5 Å². The molecule has 0 spiro atoms. The molecule has 5 heteroatoms. The van der Waals surface area contributed by atoms with Crippen LogP contribution in [0, 0.1) is 30.2 Å². The highest BCUT2D eigenvalue weighted by Crippen LogP contribution is 2.28. The SMILES string of the molecule is CCNC(c1ccc(C)cc1F)c1ccc(F)c(F)c1F. The molecule has 0 aromatic heterocycles. The second-order valence-corrected chi connectivity index (χ2v) is 4.78. The summed E-state index contributed by atoms with van der Waals surface area (Å²) in [5.74, 6) is -4.65. The molecule has 2 aromatic rings. The van der Waals surface area contributed by atoms with E-state index in [0.29, 0.717) is 6.54 Å². The average molecular weight is 297 g/mol. The van der Waals surface area contributed by atoms with Crippen LogP contribution in [0.4, 0.5) is 17.6 Å². The van der Waals surface area contributed by atoms with Crippen LogP contribution in [0.25, 0.3) is 0 Å². The summed E-state index contributed by atoms with van der Waals surface area (Å²) in [6.45, 7) is 3.90. The fraction of sp³-hybridized carbons (Fsp3) is 0.250. The van der Waals surface area contributed by atoms with Gasteiger partial charge in [-0.15, -0.1) is 0 Å². The molecule has 2 rings (SSSR count). The molecule has 1 unspecified atom stereocenters. The molecule has 0 fully saturated rings. The normalized spacial score (nSPS) is 12.5. The van der Waals surface area contributed by atoms with Crippen molar-refractivity contribution in [3.63, 3.8) is 0 Å². The fourth-order valence-electron chi connectivity index (χ4n) is 2.22. The van der Waals surface area contributed by atoms with Crippen molar-refractivity contribution in [1.82, 2.24) is 5.32 Å². The minimum atomic E-state index is -1.55. The van der Waals surface area contributed by atoms with Crippen LogP contribution in [-0.4, -0.2) is 6.54 Å². The minimum absolute atomic E-state index is 0.126. The lowest BCUT2D eigenvalue weighted by molar-refractivity contribution is 0.431. The van der Waals surface area contributed by atoms with Crippen molar-refractivity contribution in [2.75, 3.05) is 6.54 Å². The van der Waals surface area contributed by atoms with E-state index in [9.17, 15) is 17.6 Å². The van der Waals surface area contributed by atoms with Crippen LogP contribution in [0.5, 0.6) is 0 Å². The minimum Gasteiger partial charge on any atom is -0.306 e. The Morgan fingerprint density at radius 3 is 2.19 bits per heavy atom. The largest absolute Gasteiger partial charge is 0.306 e. The summed E-state index contributed by atoms with van der Waals surface area (Å²) in [4.78, 5) is 0. The first kappa shape index (κ1) is 15.5. The van der Waals surface area contributed by atoms with Crippen LogP contribution < -0.4 is 5.32 Å². The zero-order chi connectivity index (χ0) is 15.6. The number of halogens is 4. The maximum absolute atomic E-state index is 14.1. The molecule has 0 radical (unpaired) electrons. The van der Waals surface area contributed by atoms with Crippen molar-refractivity contribution in [1.29, 1.82) is 0 Å². The highest BCUT2D eigenvalue weighted by Gasteiger charge is 2.23. The van der Waals surface area contributed by atoms with Crippen molar-refractivity contribution in [3.05, 3.63) is 70.3 Å². The third-order valence-electron chi connectivity index (χ3n) is 3.25. The number of hydrogen-bond acceptors (Lipinski definition) is 1. The Hall–Kier alpha value is -1.88. The maximum atomic E-state index is 14.1. The van der Waals surface area contributed by atoms with Crippen molar-refractivity contribution in [2.45, 2.75) is 19.9 Å². The number of benzene rings is 2. The first-order chi connectivity index (χ1) is 9.95. The quantitative estimate of drug-likeness (QED) is 0.657. The Morgan fingerprint density at radius 2 is 1.57 bits per heavy atom. The summed E-state index contributed by atoms with van der Waals surface area (Å²) < 4.78 is 54.5. The van der Waals surface area contributed by atoms with Gasteiger partial charge in [-0.1, -0.05) is 25.1 Å². The van der Waals surface area contributed by atoms with Crippen LogP contribution >= 0.6 is 0 Å². The molecule has 1 nitrogen and oxygen atoms in total. The molecule has 112 valence electrons. The molecule has 0 saturated carbocycles. The Morgan fingerprint density at radius 1 is 0.905 bits per heavy atom. The van der Waals surface area contributed by atoms with Crippen LogP contribution in [0.3, 0.4) is 0 Å². The predicted molar refractivity (Wildman–Crippen MR) is 73.0 cm³/mol. The third-order valence-corrected chi connectivity index (χ3v) is 3.25. The molecule has 0 heterocycles. The topological polar surface area (TPSA) is 12.0 Å². The van der Waals surface area contributed by atoms with E-state index in [4.69, 9.17) is 0 Å². The summed E-state index contributed by atoms with van der Waals surface area (Å²) in [5.41, 5.74) is 0.781. The van der Waals surface area contributed by atoms with Gasteiger partial charge in [-0.05, 0) is 31.2 Å². The van der Waals surface area contributed by atoms with Crippen molar-refractivity contribution < 1.29 is 17.6 Å². The molecule has 1 N–H and O–H groups in total. The second kappa shape index (κ2) is 6.26. The first-order valence-electron chi connectivity index (χ1n) is 6.58.